The number of dihydropyridines is 1. The summed E-state index contributed by atoms with van der Waals surface area (Å²) in [6.45, 7) is 5.99. The first-order valence-electron chi connectivity index (χ1n) is 10.8. The van der Waals surface area contributed by atoms with Crippen LogP contribution >= 0.6 is 23.2 Å². The fraction of sp³-hybridized carbons (Fsp3) is 0.308. The monoisotopic (exact) mass is 484 g/mol. The first kappa shape index (κ1) is 23.4. The van der Waals surface area contributed by atoms with E-state index in [2.05, 4.69) is 24.5 Å². The standard InChI is InChI=1S/C26H26Cl2N2O3/c1-14-21(25(32)30-17-10-5-6-11-20(17)33-4)22(15-8-7-9-16(27)24(15)28)23-18(29-14)12-26(2,3)13-19(23)31/h5-11,22,29H,12-13H2,1-4H3,(H,30,32)/t22-/m0/s1. The van der Waals surface area contributed by atoms with E-state index in [4.69, 9.17) is 27.9 Å². The van der Waals surface area contributed by atoms with Crippen LogP contribution in [-0.2, 0) is 9.59 Å². The molecule has 0 radical (unpaired) electrons. The zero-order chi connectivity index (χ0) is 23.9. The fourth-order valence-electron chi connectivity index (χ4n) is 4.73. The Labute approximate surface area is 203 Å². The zero-order valence-corrected chi connectivity index (χ0v) is 20.5. The highest BCUT2D eigenvalue weighted by atomic mass is 35.5. The number of carbonyl (C=O) groups excluding carboxylic acids is 2. The van der Waals surface area contributed by atoms with Crippen molar-refractivity contribution in [3.05, 3.63) is 80.6 Å². The van der Waals surface area contributed by atoms with Gasteiger partial charge in [-0.1, -0.05) is 61.3 Å². The first-order valence-corrected chi connectivity index (χ1v) is 11.5. The molecule has 2 N–H and O–H groups in total. The molecule has 1 heterocycles. The predicted molar refractivity (Wildman–Crippen MR) is 132 cm³/mol. The van der Waals surface area contributed by atoms with E-state index >= 15 is 0 Å². The Bertz CT molecular complexity index is 1210. The number of ketones is 1. The Morgan fingerprint density at radius 3 is 2.58 bits per heavy atom. The maximum Gasteiger partial charge on any atom is 0.254 e. The van der Waals surface area contributed by atoms with E-state index < -0.39 is 5.92 Å². The number of allylic oxidation sites excluding steroid dienone is 3. The highest BCUT2D eigenvalue weighted by Gasteiger charge is 2.43. The van der Waals surface area contributed by atoms with Gasteiger partial charge in [0.15, 0.2) is 5.78 Å². The molecule has 1 amide bonds. The smallest absolute Gasteiger partial charge is 0.254 e. The van der Waals surface area contributed by atoms with Crippen molar-refractivity contribution in [1.82, 2.24) is 5.32 Å². The third-order valence-electron chi connectivity index (χ3n) is 6.13. The number of carbonyl (C=O) groups is 2. The van der Waals surface area contributed by atoms with Crippen LogP contribution < -0.4 is 15.4 Å². The molecule has 0 bridgehead atoms. The van der Waals surface area contributed by atoms with E-state index in [1.165, 1.54) is 0 Å². The van der Waals surface area contributed by atoms with Crippen molar-refractivity contribution in [2.24, 2.45) is 5.41 Å². The van der Waals surface area contributed by atoms with Crippen LogP contribution in [0.4, 0.5) is 5.69 Å². The largest absolute Gasteiger partial charge is 0.495 e. The van der Waals surface area contributed by atoms with Crippen LogP contribution in [0.1, 0.15) is 45.1 Å². The van der Waals surface area contributed by atoms with E-state index in [0.717, 1.165) is 5.70 Å². The van der Waals surface area contributed by atoms with E-state index in [9.17, 15) is 9.59 Å². The summed E-state index contributed by atoms with van der Waals surface area (Å²) in [6.07, 6.45) is 1.09. The third-order valence-corrected chi connectivity index (χ3v) is 6.97. The highest BCUT2D eigenvalue weighted by Crippen LogP contribution is 2.48. The highest BCUT2D eigenvalue weighted by molar-refractivity contribution is 6.42. The fourth-order valence-corrected chi connectivity index (χ4v) is 5.15. The van der Waals surface area contributed by atoms with E-state index in [1.54, 1.807) is 31.4 Å². The van der Waals surface area contributed by atoms with Gasteiger partial charge in [-0.3, -0.25) is 9.59 Å². The number of Topliss-reactive ketones (excluding diaryl/α,β-unsaturated/α-hetero) is 1. The molecule has 33 heavy (non-hydrogen) atoms. The zero-order valence-electron chi connectivity index (χ0n) is 19.0. The summed E-state index contributed by atoms with van der Waals surface area (Å²) in [5.41, 5.74) is 3.51. The van der Waals surface area contributed by atoms with Gasteiger partial charge in [-0.2, -0.15) is 0 Å². The molecule has 2 aliphatic rings. The lowest BCUT2D eigenvalue weighted by Crippen LogP contribution is -2.39. The summed E-state index contributed by atoms with van der Waals surface area (Å²) < 4.78 is 5.38. The minimum atomic E-state index is -0.634. The second-order valence-corrected chi connectivity index (χ2v) is 10.0. The van der Waals surface area contributed by atoms with E-state index in [1.807, 2.05) is 25.1 Å². The summed E-state index contributed by atoms with van der Waals surface area (Å²) in [5.74, 6) is -0.425. The predicted octanol–water partition coefficient (Wildman–Crippen LogP) is 6.24. The van der Waals surface area contributed by atoms with Crippen molar-refractivity contribution >= 4 is 40.6 Å². The van der Waals surface area contributed by atoms with Crippen molar-refractivity contribution in [3.63, 3.8) is 0 Å². The maximum atomic E-state index is 13.7. The molecule has 5 nitrogen and oxygen atoms in total. The maximum absolute atomic E-state index is 13.7. The van der Waals surface area contributed by atoms with Crippen LogP contribution in [0.15, 0.2) is 65.0 Å². The average Bonchev–Trinajstić information content (AvgIpc) is 2.74. The minimum Gasteiger partial charge on any atom is -0.495 e. The molecule has 1 aliphatic heterocycles. The Morgan fingerprint density at radius 1 is 1.12 bits per heavy atom. The summed E-state index contributed by atoms with van der Waals surface area (Å²) in [4.78, 5) is 27.1. The van der Waals surface area contributed by atoms with Crippen LogP contribution in [0.2, 0.25) is 10.0 Å². The van der Waals surface area contributed by atoms with Crippen molar-refractivity contribution in [1.29, 1.82) is 0 Å². The van der Waals surface area contributed by atoms with Gasteiger partial charge >= 0.3 is 0 Å². The molecule has 0 saturated carbocycles. The van der Waals surface area contributed by atoms with Crippen LogP contribution in [0.5, 0.6) is 5.75 Å². The molecule has 172 valence electrons. The number of para-hydroxylation sites is 2. The number of hydrogen-bond acceptors (Lipinski definition) is 4. The molecule has 0 fully saturated rings. The lowest BCUT2D eigenvalue weighted by Gasteiger charge is -2.40. The molecular formula is C26H26Cl2N2O3. The van der Waals surface area contributed by atoms with Crippen LogP contribution in [0.3, 0.4) is 0 Å². The van der Waals surface area contributed by atoms with Gasteiger partial charge in [0.25, 0.3) is 5.91 Å². The van der Waals surface area contributed by atoms with Crippen molar-refractivity contribution < 1.29 is 14.3 Å². The van der Waals surface area contributed by atoms with Crippen LogP contribution in [0.25, 0.3) is 0 Å². The number of nitrogens with one attached hydrogen (secondary N) is 2. The van der Waals surface area contributed by atoms with E-state index in [-0.39, 0.29) is 17.1 Å². The van der Waals surface area contributed by atoms with Crippen molar-refractivity contribution in [2.75, 3.05) is 12.4 Å². The SMILES string of the molecule is COc1ccccc1NC(=O)C1=C(C)NC2=C(C(=O)CC(C)(C)C2)[C@H]1c1cccc(Cl)c1Cl. The Balaban J connectivity index is 1.86. The van der Waals surface area contributed by atoms with Gasteiger partial charge in [-0.05, 0) is 42.5 Å². The Kier molecular flexibility index (Phi) is 6.30. The number of rotatable bonds is 4. The van der Waals surface area contributed by atoms with Crippen LogP contribution in [0, 0.1) is 5.41 Å². The molecule has 0 aromatic heterocycles. The lowest BCUT2D eigenvalue weighted by molar-refractivity contribution is -0.118. The average molecular weight is 485 g/mol. The van der Waals surface area contributed by atoms with Gasteiger partial charge in [0.05, 0.1) is 22.8 Å². The first-order chi connectivity index (χ1) is 15.6. The van der Waals surface area contributed by atoms with Gasteiger partial charge < -0.3 is 15.4 Å². The molecule has 4 rings (SSSR count). The number of amides is 1. The topological polar surface area (TPSA) is 67.4 Å². The van der Waals surface area contributed by atoms with Crippen molar-refractivity contribution in [2.45, 2.75) is 39.5 Å². The molecule has 7 heteroatoms. The van der Waals surface area contributed by atoms with Gasteiger partial charge in [0.1, 0.15) is 5.75 Å². The molecule has 0 unspecified atom stereocenters. The summed E-state index contributed by atoms with van der Waals surface area (Å²) >= 11 is 13.0. The Morgan fingerprint density at radius 2 is 1.85 bits per heavy atom. The third kappa shape index (κ3) is 4.40. The Hall–Kier alpha value is -2.76. The minimum absolute atomic E-state index is 0.00452. The molecular weight excluding hydrogens is 459 g/mol. The van der Waals surface area contributed by atoms with Gasteiger partial charge in [-0.25, -0.2) is 0 Å². The number of halogens is 2. The quantitative estimate of drug-likeness (QED) is 0.538. The van der Waals surface area contributed by atoms with Gasteiger partial charge in [0.2, 0.25) is 0 Å². The molecule has 1 aliphatic carbocycles. The number of anilines is 1. The normalized spacial score (nSPS) is 19.7. The molecule has 2 aromatic rings. The number of methoxy groups -OCH3 is 1. The van der Waals surface area contributed by atoms with E-state index in [0.29, 0.717) is 56.7 Å². The molecule has 0 spiro atoms. The van der Waals surface area contributed by atoms with Gasteiger partial charge in [-0.15, -0.1) is 0 Å². The molecule has 2 aromatic carbocycles. The summed E-state index contributed by atoms with van der Waals surface area (Å²) in [6, 6.07) is 12.5. The summed E-state index contributed by atoms with van der Waals surface area (Å²) in [7, 11) is 1.55. The number of ether oxygens (including phenoxy) is 1. The van der Waals surface area contributed by atoms with Crippen LogP contribution in [-0.4, -0.2) is 18.8 Å². The number of benzene rings is 2. The number of hydrogen-bond donors (Lipinski definition) is 2. The molecule has 1 atom stereocenters. The second-order valence-electron chi connectivity index (χ2n) is 9.23. The molecule has 0 saturated heterocycles. The lowest BCUT2D eigenvalue weighted by atomic mass is 9.68. The van der Waals surface area contributed by atoms with Gasteiger partial charge in [0, 0.05) is 34.9 Å². The summed E-state index contributed by atoms with van der Waals surface area (Å²) in [5, 5.41) is 7.02. The van der Waals surface area contributed by atoms with Crippen molar-refractivity contribution in [3.8, 4) is 5.75 Å². The second kappa shape index (κ2) is 8.88.